The highest BCUT2D eigenvalue weighted by atomic mass is 16.1. The fourth-order valence-corrected chi connectivity index (χ4v) is 2.89. The molecule has 130 valence electrons. The van der Waals surface area contributed by atoms with Gasteiger partial charge >= 0.3 is 0 Å². The zero-order valence-corrected chi connectivity index (χ0v) is 14.5. The third kappa shape index (κ3) is 3.19. The molecule has 1 N–H and O–H groups in total. The van der Waals surface area contributed by atoms with Crippen molar-refractivity contribution in [2.24, 2.45) is 0 Å². The SMILES string of the molecule is Cc1cc(C)n(-c2ccc(NC(=O)Cc3cn4ccccc4n3)cn2)n1. The molecule has 0 fully saturated rings. The molecule has 0 aromatic carbocycles. The van der Waals surface area contributed by atoms with Gasteiger partial charge in [-0.25, -0.2) is 14.6 Å². The van der Waals surface area contributed by atoms with Gasteiger partial charge in [-0.3, -0.25) is 4.79 Å². The van der Waals surface area contributed by atoms with Gasteiger partial charge in [0.05, 0.1) is 29.7 Å². The largest absolute Gasteiger partial charge is 0.324 e. The minimum atomic E-state index is -0.130. The third-order valence-corrected chi connectivity index (χ3v) is 4.01. The molecular formula is C19H18N6O. The Morgan fingerprint density at radius 3 is 2.77 bits per heavy atom. The number of amides is 1. The van der Waals surface area contributed by atoms with Crippen molar-refractivity contribution in [3.63, 3.8) is 0 Å². The second kappa shape index (κ2) is 6.44. The first kappa shape index (κ1) is 16.0. The maximum Gasteiger partial charge on any atom is 0.230 e. The van der Waals surface area contributed by atoms with Gasteiger partial charge < -0.3 is 9.72 Å². The van der Waals surface area contributed by atoms with Crippen molar-refractivity contribution in [3.8, 4) is 5.82 Å². The van der Waals surface area contributed by atoms with Crippen molar-refractivity contribution in [2.45, 2.75) is 20.3 Å². The van der Waals surface area contributed by atoms with E-state index in [9.17, 15) is 4.79 Å². The molecule has 0 radical (unpaired) electrons. The summed E-state index contributed by atoms with van der Waals surface area (Å²) in [7, 11) is 0. The average Bonchev–Trinajstić information content (AvgIpc) is 3.17. The molecule has 0 unspecified atom stereocenters. The van der Waals surface area contributed by atoms with Crippen LogP contribution in [-0.2, 0) is 11.2 Å². The number of aromatic nitrogens is 5. The van der Waals surface area contributed by atoms with E-state index in [0.717, 1.165) is 22.7 Å². The highest BCUT2D eigenvalue weighted by Gasteiger charge is 2.09. The summed E-state index contributed by atoms with van der Waals surface area (Å²) in [6.45, 7) is 3.92. The molecule has 0 bridgehead atoms. The predicted octanol–water partition coefficient (Wildman–Crippen LogP) is 2.71. The van der Waals surface area contributed by atoms with E-state index in [2.05, 4.69) is 20.4 Å². The van der Waals surface area contributed by atoms with Crippen LogP contribution in [0, 0.1) is 13.8 Å². The van der Waals surface area contributed by atoms with Gasteiger partial charge in [-0.15, -0.1) is 0 Å². The quantitative estimate of drug-likeness (QED) is 0.616. The van der Waals surface area contributed by atoms with Crippen LogP contribution in [0.4, 0.5) is 5.69 Å². The van der Waals surface area contributed by atoms with Gasteiger partial charge in [0.25, 0.3) is 0 Å². The molecule has 4 rings (SSSR count). The first-order valence-electron chi connectivity index (χ1n) is 8.31. The second-order valence-electron chi connectivity index (χ2n) is 6.17. The molecule has 0 saturated heterocycles. The number of aryl methyl sites for hydroxylation is 2. The highest BCUT2D eigenvalue weighted by Crippen LogP contribution is 2.13. The lowest BCUT2D eigenvalue weighted by Gasteiger charge is -2.06. The summed E-state index contributed by atoms with van der Waals surface area (Å²) in [5.41, 5.74) is 4.14. The number of anilines is 1. The van der Waals surface area contributed by atoms with Gasteiger partial charge in [-0.1, -0.05) is 6.07 Å². The zero-order chi connectivity index (χ0) is 18.1. The number of nitrogens with one attached hydrogen (secondary N) is 1. The van der Waals surface area contributed by atoms with E-state index in [-0.39, 0.29) is 12.3 Å². The van der Waals surface area contributed by atoms with Crippen molar-refractivity contribution in [1.29, 1.82) is 0 Å². The molecule has 0 spiro atoms. The first-order valence-corrected chi connectivity index (χ1v) is 8.31. The van der Waals surface area contributed by atoms with Crippen LogP contribution in [-0.4, -0.2) is 30.1 Å². The number of carbonyl (C=O) groups is 1. The van der Waals surface area contributed by atoms with Crippen LogP contribution in [0.15, 0.2) is 55.0 Å². The molecule has 7 heteroatoms. The summed E-state index contributed by atoms with van der Waals surface area (Å²) in [4.78, 5) is 21.1. The number of rotatable bonds is 4. The molecule has 0 atom stereocenters. The smallest absolute Gasteiger partial charge is 0.230 e. The van der Waals surface area contributed by atoms with Gasteiger partial charge in [0.15, 0.2) is 5.82 Å². The summed E-state index contributed by atoms with van der Waals surface area (Å²) in [5.74, 6) is 0.586. The minimum Gasteiger partial charge on any atom is -0.324 e. The summed E-state index contributed by atoms with van der Waals surface area (Å²) in [5, 5.41) is 7.26. The Bertz CT molecular complexity index is 1040. The molecule has 4 heterocycles. The number of carbonyl (C=O) groups excluding carboxylic acids is 1. The van der Waals surface area contributed by atoms with Crippen LogP contribution in [0.5, 0.6) is 0 Å². The molecule has 26 heavy (non-hydrogen) atoms. The van der Waals surface area contributed by atoms with Crippen molar-refractivity contribution in [1.82, 2.24) is 24.1 Å². The van der Waals surface area contributed by atoms with Crippen LogP contribution in [0.3, 0.4) is 0 Å². The predicted molar refractivity (Wildman–Crippen MR) is 98.4 cm³/mol. The summed E-state index contributed by atoms with van der Waals surface area (Å²) < 4.78 is 3.67. The fraction of sp³-hybridized carbons (Fsp3) is 0.158. The monoisotopic (exact) mass is 346 g/mol. The Kier molecular flexibility index (Phi) is 3.96. The Morgan fingerprint density at radius 2 is 2.08 bits per heavy atom. The zero-order valence-electron chi connectivity index (χ0n) is 14.5. The fourth-order valence-electron chi connectivity index (χ4n) is 2.89. The van der Waals surface area contributed by atoms with Crippen LogP contribution in [0.25, 0.3) is 11.5 Å². The minimum absolute atomic E-state index is 0.130. The van der Waals surface area contributed by atoms with Crippen LogP contribution >= 0.6 is 0 Å². The van der Waals surface area contributed by atoms with E-state index in [1.807, 2.05) is 67.0 Å². The van der Waals surface area contributed by atoms with Gasteiger partial charge in [-0.2, -0.15) is 5.10 Å². The number of fused-ring (bicyclic) bond motifs is 1. The van der Waals surface area contributed by atoms with Gasteiger partial charge in [0, 0.05) is 18.1 Å². The van der Waals surface area contributed by atoms with E-state index in [4.69, 9.17) is 0 Å². The topological polar surface area (TPSA) is 77.1 Å². The van der Waals surface area contributed by atoms with E-state index in [1.165, 1.54) is 0 Å². The maximum atomic E-state index is 12.3. The van der Waals surface area contributed by atoms with Gasteiger partial charge in [0.2, 0.25) is 5.91 Å². The summed E-state index contributed by atoms with van der Waals surface area (Å²) in [6, 6.07) is 11.4. The normalized spacial score (nSPS) is 11.0. The van der Waals surface area contributed by atoms with Gasteiger partial charge in [-0.05, 0) is 44.2 Å². The Balaban J connectivity index is 1.45. The summed E-state index contributed by atoms with van der Waals surface area (Å²) >= 11 is 0. The molecule has 4 aromatic heterocycles. The second-order valence-corrected chi connectivity index (χ2v) is 6.17. The number of pyridine rings is 2. The lowest BCUT2D eigenvalue weighted by atomic mass is 10.3. The van der Waals surface area contributed by atoms with Crippen LogP contribution in [0.2, 0.25) is 0 Å². The highest BCUT2D eigenvalue weighted by molar-refractivity contribution is 5.91. The molecule has 0 aliphatic heterocycles. The van der Waals surface area contributed by atoms with Gasteiger partial charge in [0.1, 0.15) is 5.65 Å². The molecular weight excluding hydrogens is 328 g/mol. The van der Waals surface area contributed by atoms with Crippen molar-refractivity contribution in [2.75, 3.05) is 5.32 Å². The lowest BCUT2D eigenvalue weighted by Crippen LogP contribution is -2.15. The molecule has 7 nitrogen and oxygen atoms in total. The molecule has 1 amide bonds. The summed E-state index contributed by atoms with van der Waals surface area (Å²) in [6.07, 6.45) is 5.61. The number of nitrogens with zero attached hydrogens (tertiary/aromatic N) is 5. The Labute approximate surface area is 150 Å². The van der Waals surface area contributed by atoms with E-state index < -0.39 is 0 Å². The van der Waals surface area contributed by atoms with Crippen LogP contribution in [0.1, 0.15) is 17.1 Å². The molecule has 4 aromatic rings. The number of imidazole rings is 1. The molecule has 0 aliphatic rings. The molecule has 0 aliphatic carbocycles. The Morgan fingerprint density at radius 1 is 1.19 bits per heavy atom. The van der Waals surface area contributed by atoms with Crippen molar-refractivity contribution >= 4 is 17.2 Å². The molecule has 0 saturated carbocycles. The average molecular weight is 346 g/mol. The first-order chi connectivity index (χ1) is 12.6. The van der Waals surface area contributed by atoms with E-state index in [0.29, 0.717) is 11.5 Å². The third-order valence-electron chi connectivity index (χ3n) is 4.01. The van der Waals surface area contributed by atoms with Crippen molar-refractivity contribution < 1.29 is 4.79 Å². The van der Waals surface area contributed by atoms with E-state index >= 15 is 0 Å². The Hall–Kier alpha value is -3.48. The lowest BCUT2D eigenvalue weighted by molar-refractivity contribution is -0.115. The van der Waals surface area contributed by atoms with Crippen LogP contribution < -0.4 is 5.32 Å². The maximum absolute atomic E-state index is 12.3. The standard InChI is InChI=1S/C19H18N6O/c1-13-9-14(2)25(23-13)17-7-6-15(11-20-17)22-19(26)10-16-12-24-8-4-3-5-18(24)21-16/h3-9,11-12H,10H2,1-2H3,(H,22,26). The number of hydrogen-bond donors (Lipinski definition) is 1. The number of hydrogen-bond acceptors (Lipinski definition) is 4. The van der Waals surface area contributed by atoms with Crippen molar-refractivity contribution in [3.05, 3.63) is 72.1 Å². The van der Waals surface area contributed by atoms with E-state index in [1.54, 1.807) is 10.9 Å².